The lowest BCUT2D eigenvalue weighted by atomic mass is 9.99. The molecule has 242 valence electrons. The Hall–Kier alpha value is -5.28. The van der Waals surface area contributed by atoms with E-state index < -0.39 is 43.3 Å². The number of aliphatic hydroxyl groups is 3. The van der Waals surface area contributed by atoms with Crippen LogP contribution < -0.4 is 14.2 Å². The minimum atomic E-state index is -1.81. The number of phenols is 4. The van der Waals surface area contributed by atoms with E-state index in [-0.39, 0.29) is 62.5 Å². The Morgan fingerprint density at radius 1 is 0.848 bits per heavy atom. The molecule has 0 aliphatic carbocycles. The van der Waals surface area contributed by atoms with E-state index in [0.29, 0.717) is 5.56 Å². The third-order valence-electron chi connectivity index (χ3n) is 7.16. The highest BCUT2D eigenvalue weighted by Gasteiger charge is 2.46. The Morgan fingerprint density at radius 2 is 1.52 bits per heavy atom. The first-order valence-corrected chi connectivity index (χ1v) is 13.8. The van der Waals surface area contributed by atoms with Crippen LogP contribution in [0.5, 0.6) is 40.2 Å². The highest BCUT2D eigenvalue weighted by atomic mass is 16.7. The number of carbonyl (C=O) groups excluding carboxylic acids is 1. The Kier molecular flexibility index (Phi) is 9.34. The number of fused-ring (bicyclic) bond motifs is 1. The number of benzene rings is 3. The summed E-state index contributed by atoms with van der Waals surface area (Å²) >= 11 is 0. The van der Waals surface area contributed by atoms with E-state index in [9.17, 15) is 40.5 Å². The van der Waals surface area contributed by atoms with Gasteiger partial charge in [-0.05, 0) is 23.8 Å². The van der Waals surface area contributed by atoms with Crippen LogP contribution in [0.3, 0.4) is 0 Å². The van der Waals surface area contributed by atoms with Gasteiger partial charge >= 0.3 is 17.3 Å². The van der Waals surface area contributed by atoms with Crippen LogP contribution in [0.15, 0.2) is 65.1 Å². The van der Waals surface area contributed by atoms with Crippen molar-refractivity contribution >= 4 is 23.0 Å². The number of hydrogen-bond donors (Lipinski definition) is 7. The molecule has 0 spiro atoms. The van der Waals surface area contributed by atoms with Gasteiger partial charge in [0.2, 0.25) is 17.8 Å². The summed E-state index contributed by atoms with van der Waals surface area (Å²) in [5.74, 6) is -1.92. The number of aromatic hydroxyl groups is 4. The van der Waals surface area contributed by atoms with Gasteiger partial charge in [0.1, 0.15) is 53.7 Å². The van der Waals surface area contributed by atoms with Gasteiger partial charge in [0.15, 0.2) is 11.5 Å². The lowest BCUT2D eigenvalue weighted by Gasteiger charge is -2.39. The van der Waals surface area contributed by atoms with Crippen molar-refractivity contribution < 1.29 is 68.6 Å². The maximum Gasteiger partial charge on any atom is 0.402 e. The van der Waals surface area contributed by atoms with Crippen LogP contribution in [0, 0.1) is 0 Å². The summed E-state index contributed by atoms with van der Waals surface area (Å²) in [5, 5.41) is 72.4. The highest BCUT2D eigenvalue weighted by molar-refractivity contribution is 5.89. The molecule has 1 fully saturated rings. The fraction of sp³-hybridized carbons (Fsp3) is 0.250. The Morgan fingerprint density at radius 3 is 2.17 bits per heavy atom. The molecule has 7 N–H and O–H groups in total. The van der Waals surface area contributed by atoms with Gasteiger partial charge in [0, 0.05) is 30.3 Å². The third kappa shape index (κ3) is 6.69. The van der Waals surface area contributed by atoms with E-state index in [1.807, 2.05) is 0 Å². The molecule has 2 heterocycles. The van der Waals surface area contributed by atoms with E-state index in [2.05, 4.69) is 0 Å². The number of carbonyl (C=O) groups is 1. The number of hydrogen-bond acceptors (Lipinski definition) is 13. The van der Waals surface area contributed by atoms with Crippen molar-refractivity contribution in [1.82, 2.24) is 0 Å². The van der Waals surface area contributed by atoms with Gasteiger partial charge in [-0.15, -0.1) is 0 Å². The van der Waals surface area contributed by atoms with Gasteiger partial charge in [0.25, 0.3) is 0 Å². The summed E-state index contributed by atoms with van der Waals surface area (Å²) < 4.78 is 33.4. The summed E-state index contributed by atoms with van der Waals surface area (Å²) in [6.45, 7) is -0.537. The second-order valence-corrected chi connectivity index (χ2v) is 10.2. The van der Waals surface area contributed by atoms with Crippen molar-refractivity contribution in [2.45, 2.75) is 30.7 Å². The second kappa shape index (κ2) is 13.4. The molecule has 1 aliphatic heterocycles. The third-order valence-corrected chi connectivity index (χ3v) is 7.16. The van der Waals surface area contributed by atoms with Crippen LogP contribution in [0.2, 0.25) is 0 Å². The fourth-order valence-electron chi connectivity index (χ4n) is 4.74. The quantitative estimate of drug-likeness (QED) is 0.0796. The van der Waals surface area contributed by atoms with Crippen LogP contribution >= 0.6 is 0 Å². The first-order valence-electron chi connectivity index (χ1n) is 13.8. The van der Waals surface area contributed by atoms with Gasteiger partial charge in [0.05, 0.1) is 25.8 Å². The molecule has 0 bridgehead atoms. The SMILES string of the molecule is COc1cc(-c2[o+]c3cc(O)cc(O)c3cc2O[C@H]2O[C@@H](COC(=O)/C=C/c3ccc(O)cc3)[C@H](O)[C@@H](O)[C@@H]2O)cc(OC)c1O. The average Bonchev–Trinajstić information content (AvgIpc) is 3.04. The van der Waals surface area contributed by atoms with Crippen molar-refractivity contribution in [3.63, 3.8) is 0 Å². The molecule has 14 nitrogen and oxygen atoms in total. The molecule has 0 radical (unpaired) electrons. The van der Waals surface area contributed by atoms with E-state index in [1.165, 1.54) is 56.7 Å². The number of aliphatic hydroxyl groups excluding tert-OH is 3. The molecule has 5 rings (SSSR count). The van der Waals surface area contributed by atoms with Crippen LogP contribution in [0.1, 0.15) is 5.56 Å². The van der Waals surface area contributed by atoms with Crippen molar-refractivity contribution in [3.05, 3.63) is 66.2 Å². The van der Waals surface area contributed by atoms with Gasteiger partial charge in [-0.2, -0.15) is 0 Å². The predicted octanol–water partition coefficient (Wildman–Crippen LogP) is 2.66. The summed E-state index contributed by atoms with van der Waals surface area (Å²) in [4.78, 5) is 12.3. The average molecular weight is 640 g/mol. The number of esters is 1. The summed E-state index contributed by atoms with van der Waals surface area (Å²) in [6.07, 6.45) is -5.74. The molecule has 1 aliphatic rings. The van der Waals surface area contributed by atoms with Crippen molar-refractivity contribution in [3.8, 4) is 51.6 Å². The van der Waals surface area contributed by atoms with Gasteiger partial charge in [-0.1, -0.05) is 12.1 Å². The van der Waals surface area contributed by atoms with E-state index >= 15 is 0 Å². The monoisotopic (exact) mass is 639 g/mol. The molecule has 3 aromatic carbocycles. The summed E-state index contributed by atoms with van der Waals surface area (Å²) in [7, 11) is 2.64. The molecule has 0 amide bonds. The molecule has 46 heavy (non-hydrogen) atoms. The molecule has 1 saturated heterocycles. The van der Waals surface area contributed by atoms with Crippen LogP contribution in [-0.2, 0) is 14.3 Å². The highest BCUT2D eigenvalue weighted by Crippen LogP contribution is 2.45. The maximum absolute atomic E-state index is 12.3. The lowest BCUT2D eigenvalue weighted by Crippen LogP contribution is -2.60. The molecule has 5 atom stereocenters. The number of phenolic OH excluding ortho intramolecular Hbond substituents is 4. The predicted molar refractivity (Wildman–Crippen MR) is 160 cm³/mol. The zero-order chi connectivity index (χ0) is 33.1. The molecule has 1 aromatic heterocycles. The van der Waals surface area contributed by atoms with E-state index in [0.717, 1.165) is 12.1 Å². The van der Waals surface area contributed by atoms with E-state index in [1.54, 1.807) is 12.1 Å². The zero-order valence-corrected chi connectivity index (χ0v) is 24.4. The van der Waals surface area contributed by atoms with Crippen molar-refractivity contribution in [1.29, 1.82) is 0 Å². The molecular weight excluding hydrogens is 608 g/mol. The first kappa shape index (κ1) is 32.1. The molecular formula is C32H31O14+. The van der Waals surface area contributed by atoms with Crippen LogP contribution in [0.4, 0.5) is 0 Å². The van der Waals surface area contributed by atoms with Crippen LogP contribution in [0.25, 0.3) is 28.4 Å². The number of methoxy groups -OCH3 is 2. The van der Waals surface area contributed by atoms with E-state index in [4.69, 9.17) is 28.1 Å². The normalized spacial score (nSPS) is 21.3. The summed E-state index contributed by atoms with van der Waals surface area (Å²) in [6, 6.07) is 12.5. The largest absolute Gasteiger partial charge is 0.508 e. The van der Waals surface area contributed by atoms with Gasteiger partial charge in [-0.25, -0.2) is 9.21 Å². The van der Waals surface area contributed by atoms with Gasteiger partial charge in [-0.3, -0.25) is 0 Å². The fourth-order valence-corrected chi connectivity index (χ4v) is 4.74. The smallest absolute Gasteiger partial charge is 0.402 e. The molecule has 0 unspecified atom stereocenters. The maximum atomic E-state index is 12.3. The lowest BCUT2D eigenvalue weighted by molar-refractivity contribution is -0.278. The number of rotatable bonds is 9. The van der Waals surface area contributed by atoms with Crippen molar-refractivity contribution in [2.24, 2.45) is 0 Å². The number of ether oxygens (including phenoxy) is 5. The van der Waals surface area contributed by atoms with Crippen LogP contribution in [-0.4, -0.2) is 93.2 Å². The Labute approximate surface area is 261 Å². The zero-order valence-electron chi connectivity index (χ0n) is 24.4. The Balaban J connectivity index is 1.44. The minimum Gasteiger partial charge on any atom is -0.508 e. The minimum absolute atomic E-state index is 0.00295. The first-order chi connectivity index (χ1) is 22.0. The molecule has 0 saturated carbocycles. The topological polar surface area (TPSA) is 216 Å². The molecule has 4 aromatic rings. The van der Waals surface area contributed by atoms with Crippen molar-refractivity contribution in [2.75, 3.05) is 20.8 Å². The molecule has 14 heteroatoms. The Bertz CT molecular complexity index is 1730. The standard InChI is InChI=1S/C32H30O14/c1-41-22-9-16(10-23(42-2)27(22)37)31-24(13-19-20(35)11-18(34)12-21(19)44-31)45-32-30(40)29(39)28(38)25(46-32)14-43-26(36)8-5-15-3-6-17(33)7-4-15/h3-13,25,28-30,32,38-40H,14H2,1-2H3,(H3-,33,34,35,36,37)/p+1/t25-,28-,29+,30-,32-/m0/s1. The summed E-state index contributed by atoms with van der Waals surface area (Å²) in [5.41, 5.74) is 0.858. The second-order valence-electron chi connectivity index (χ2n) is 10.2. The van der Waals surface area contributed by atoms with Gasteiger partial charge < -0.3 is 59.4 Å².